The van der Waals surface area contributed by atoms with Gasteiger partial charge in [0.15, 0.2) is 5.96 Å². The molecule has 1 aromatic carbocycles. The van der Waals surface area contributed by atoms with Crippen LogP contribution in [0.2, 0.25) is 0 Å². The molecule has 1 heterocycles. The van der Waals surface area contributed by atoms with Crippen LogP contribution in [0.5, 0.6) is 0 Å². The number of guanidine groups is 1. The lowest BCUT2D eigenvalue weighted by Gasteiger charge is -2.20. The number of nitrogens with one attached hydrogen (secondary N) is 2. The number of aliphatic imine (C=N–C) groups is 1. The summed E-state index contributed by atoms with van der Waals surface area (Å²) in [6, 6.07) is 9.06. The molecule has 6 heteroatoms. The number of aromatic nitrogens is 2. The van der Waals surface area contributed by atoms with Crippen molar-refractivity contribution in [2.24, 2.45) is 12.0 Å². The van der Waals surface area contributed by atoms with Crippen molar-refractivity contribution in [2.75, 3.05) is 7.05 Å². The monoisotopic (exact) mass is 497 g/mol. The number of aryl methyl sites for hydroxylation is 2. The first-order valence-electron chi connectivity index (χ1n) is 9.67. The van der Waals surface area contributed by atoms with Crippen LogP contribution in [0.4, 0.5) is 0 Å². The zero-order valence-electron chi connectivity index (χ0n) is 18.6. The van der Waals surface area contributed by atoms with Crippen LogP contribution in [-0.2, 0) is 25.4 Å². The van der Waals surface area contributed by atoms with Gasteiger partial charge in [0.2, 0.25) is 0 Å². The molecule has 2 N–H and O–H groups in total. The molecular formula is C22H36IN5. The SMILES string of the molecule is CN=C(NCc1ccc(C(C)(C)C)cc1)NC(C)Cc1c(C)nn(C)c1C.I. The Hall–Kier alpha value is -1.57. The average Bonchev–Trinajstić information content (AvgIpc) is 2.84. The molecule has 0 spiro atoms. The second-order valence-electron chi connectivity index (χ2n) is 8.40. The fourth-order valence-corrected chi connectivity index (χ4v) is 3.21. The van der Waals surface area contributed by atoms with Gasteiger partial charge in [0, 0.05) is 32.4 Å². The molecule has 156 valence electrons. The smallest absolute Gasteiger partial charge is 0.191 e. The van der Waals surface area contributed by atoms with Gasteiger partial charge in [0.1, 0.15) is 0 Å². The first-order valence-corrected chi connectivity index (χ1v) is 9.67. The van der Waals surface area contributed by atoms with Crippen LogP contribution in [-0.4, -0.2) is 28.8 Å². The molecule has 1 atom stereocenters. The van der Waals surface area contributed by atoms with Crippen molar-refractivity contribution in [2.45, 2.75) is 66.0 Å². The first kappa shape index (κ1) is 24.5. The molecule has 2 aromatic rings. The zero-order valence-corrected chi connectivity index (χ0v) is 20.9. The Balaban J connectivity index is 0.00000392. The number of hydrogen-bond acceptors (Lipinski definition) is 2. The Bertz CT molecular complexity index is 784. The van der Waals surface area contributed by atoms with Gasteiger partial charge in [-0.25, -0.2) is 0 Å². The maximum Gasteiger partial charge on any atom is 0.191 e. The van der Waals surface area contributed by atoms with Gasteiger partial charge in [-0.3, -0.25) is 9.67 Å². The number of nitrogens with zero attached hydrogens (tertiary/aromatic N) is 3. The highest BCUT2D eigenvalue weighted by atomic mass is 127. The minimum Gasteiger partial charge on any atom is -0.354 e. The van der Waals surface area contributed by atoms with E-state index >= 15 is 0 Å². The number of halogens is 1. The molecule has 0 aliphatic heterocycles. The molecule has 0 amide bonds. The van der Waals surface area contributed by atoms with Crippen molar-refractivity contribution >= 4 is 29.9 Å². The predicted molar refractivity (Wildman–Crippen MR) is 130 cm³/mol. The molecule has 0 radical (unpaired) electrons. The summed E-state index contributed by atoms with van der Waals surface area (Å²) in [6.07, 6.45) is 0.923. The van der Waals surface area contributed by atoms with Gasteiger partial charge in [0.25, 0.3) is 0 Å². The molecule has 1 aromatic heterocycles. The van der Waals surface area contributed by atoms with E-state index in [1.54, 1.807) is 0 Å². The van der Waals surface area contributed by atoms with Crippen molar-refractivity contribution < 1.29 is 0 Å². The third-order valence-corrected chi connectivity index (χ3v) is 5.06. The quantitative estimate of drug-likeness (QED) is 0.369. The van der Waals surface area contributed by atoms with Crippen LogP contribution in [0.3, 0.4) is 0 Å². The second-order valence-corrected chi connectivity index (χ2v) is 8.40. The van der Waals surface area contributed by atoms with Crippen LogP contribution >= 0.6 is 24.0 Å². The van der Waals surface area contributed by atoms with Crippen LogP contribution in [0, 0.1) is 13.8 Å². The topological polar surface area (TPSA) is 54.2 Å². The fraction of sp³-hybridized carbons (Fsp3) is 0.545. The van der Waals surface area contributed by atoms with E-state index in [9.17, 15) is 0 Å². The lowest BCUT2D eigenvalue weighted by atomic mass is 9.87. The van der Waals surface area contributed by atoms with E-state index in [2.05, 4.69) is 86.5 Å². The molecule has 2 rings (SSSR count). The molecule has 1 unspecified atom stereocenters. The third-order valence-electron chi connectivity index (χ3n) is 5.06. The summed E-state index contributed by atoms with van der Waals surface area (Å²) in [4.78, 5) is 4.37. The van der Waals surface area contributed by atoms with Crippen molar-refractivity contribution in [3.05, 3.63) is 52.3 Å². The fourth-order valence-electron chi connectivity index (χ4n) is 3.21. The van der Waals surface area contributed by atoms with Crippen molar-refractivity contribution in [3.8, 4) is 0 Å². The first-order chi connectivity index (χ1) is 12.6. The molecule has 28 heavy (non-hydrogen) atoms. The Labute approximate surface area is 187 Å². The molecule has 0 bridgehead atoms. The van der Waals surface area contributed by atoms with E-state index in [1.807, 2.05) is 18.8 Å². The van der Waals surface area contributed by atoms with E-state index in [1.165, 1.54) is 22.4 Å². The third kappa shape index (κ3) is 6.50. The lowest BCUT2D eigenvalue weighted by molar-refractivity contribution is 0.589. The highest BCUT2D eigenvalue weighted by Gasteiger charge is 2.15. The molecular weight excluding hydrogens is 461 g/mol. The van der Waals surface area contributed by atoms with Crippen LogP contribution in [0.25, 0.3) is 0 Å². The maximum atomic E-state index is 4.51. The summed E-state index contributed by atoms with van der Waals surface area (Å²) < 4.78 is 1.95. The largest absolute Gasteiger partial charge is 0.354 e. The number of benzene rings is 1. The predicted octanol–water partition coefficient (Wildman–Crippen LogP) is 4.25. The van der Waals surface area contributed by atoms with Gasteiger partial charge >= 0.3 is 0 Å². The lowest BCUT2D eigenvalue weighted by Crippen LogP contribution is -2.42. The Morgan fingerprint density at radius 3 is 2.25 bits per heavy atom. The molecule has 0 fully saturated rings. The maximum absolute atomic E-state index is 4.51. The number of rotatable bonds is 5. The van der Waals surface area contributed by atoms with Gasteiger partial charge in [0.05, 0.1) is 5.69 Å². The molecule has 0 aliphatic carbocycles. The van der Waals surface area contributed by atoms with Crippen molar-refractivity contribution in [3.63, 3.8) is 0 Å². The zero-order chi connectivity index (χ0) is 20.2. The number of hydrogen-bond donors (Lipinski definition) is 2. The standard InChI is InChI=1S/C22H35N5.HI/c1-15(13-20-16(2)26-27(8)17(20)3)25-21(23-7)24-14-18-9-11-19(12-10-18)22(4,5)6;/h9-12,15H,13-14H2,1-8H3,(H2,23,24,25);1H. The normalized spacial score (nSPS) is 13.1. The van der Waals surface area contributed by atoms with E-state index in [4.69, 9.17) is 0 Å². The average molecular weight is 497 g/mol. The van der Waals surface area contributed by atoms with Gasteiger partial charge < -0.3 is 10.6 Å². The van der Waals surface area contributed by atoms with Gasteiger partial charge in [-0.1, -0.05) is 45.0 Å². The minimum absolute atomic E-state index is 0. The molecule has 0 saturated heterocycles. The van der Waals surface area contributed by atoms with Crippen LogP contribution in [0.1, 0.15) is 55.8 Å². The molecule has 0 aliphatic rings. The Kier molecular flexibility index (Phi) is 8.98. The van der Waals surface area contributed by atoms with E-state index in [0.29, 0.717) is 0 Å². The summed E-state index contributed by atoms with van der Waals surface area (Å²) in [5, 5.41) is 11.4. The van der Waals surface area contributed by atoms with Gasteiger partial charge in [-0.05, 0) is 49.3 Å². The molecule has 5 nitrogen and oxygen atoms in total. The summed E-state index contributed by atoms with van der Waals surface area (Å²) in [5.74, 6) is 0.821. The summed E-state index contributed by atoms with van der Waals surface area (Å²) in [6.45, 7) is 13.8. The van der Waals surface area contributed by atoms with Gasteiger partial charge in [-0.15, -0.1) is 24.0 Å². The van der Waals surface area contributed by atoms with Gasteiger partial charge in [-0.2, -0.15) is 5.10 Å². The van der Waals surface area contributed by atoms with E-state index in [0.717, 1.165) is 24.6 Å². The van der Waals surface area contributed by atoms with E-state index < -0.39 is 0 Å². The second kappa shape index (κ2) is 10.3. The summed E-state index contributed by atoms with van der Waals surface area (Å²) >= 11 is 0. The van der Waals surface area contributed by atoms with Crippen LogP contribution in [0.15, 0.2) is 29.3 Å². The summed E-state index contributed by atoms with van der Waals surface area (Å²) in [5.41, 5.74) is 6.42. The van der Waals surface area contributed by atoms with Crippen molar-refractivity contribution in [1.29, 1.82) is 0 Å². The van der Waals surface area contributed by atoms with Crippen molar-refractivity contribution in [1.82, 2.24) is 20.4 Å². The van der Waals surface area contributed by atoms with E-state index in [-0.39, 0.29) is 35.4 Å². The Morgan fingerprint density at radius 2 is 1.79 bits per heavy atom. The summed E-state index contributed by atoms with van der Waals surface area (Å²) in [7, 11) is 3.81. The highest BCUT2D eigenvalue weighted by Crippen LogP contribution is 2.22. The Morgan fingerprint density at radius 1 is 1.18 bits per heavy atom. The minimum atomic E-state index is 0. The highest BCUT2D eigenvalue weighted by molar-refractivity contribution is 14.0. The van der Waals surface area contributed by atoms with Crippen LogP contribution < -0.4 is 10.6 Å². The molecule has 0 saturated carbocycles.